The Kier molecular flexibility index (Phi) is 4.88. The minimum atomic E-state index is -0.147. The van der Waals surface area contributed by atoms with Gasteiger partial charge in [-0.15, -0.1) is 0 Å². The predicted octanol–water partition coefficient (Wildman–Crippen LogP) is 3.15. The maximum atomic E-state index is 11.9. The van der Waals surface area contributed by atoms with Crippen LogP contribution in [0.3, 0.4) is 0 Å². The summed E-state index contributed by atoms with van der Waals surface area (Å²) in [5.74, 6) is 0.248. The SMILES string of the molecule is CC[C@H](C)/C(C)=N\NC(=O)c1ccccc1C. The first kappa shape index (κ1) is 13.4. The number of hydrazone groups is 1. The fourth-order valence-electron chi connectivity index (χ4n) is 1.43. The summed E-state index contributed by atoms with van der Waals surface area (Å²) in [6.07, 6.45) is 1.02. The Hall–Kier alpha value is -1.64. The van der Waals surface area contributed by atoms with Crippen molar-refractivity contribution in [2.75, 3.05) is 0 Å². The van der Waals surface area contributed by atoms with Crippen LogP contribution in [0.15, 0.2) is 29.4 Å². The van der Waals surface area contributed by atoms with E-state index in [1.807, 2.05) is 32.0 Å². The van der Waals surface area contributed by atoms with Gasteiger partial charge in [0.2, 0.25) is 0 Å². The average molecular weight is 232 g/mol. The quantitative estimate of drug-likeness (QED) is 0.629. The van der Waals surface area contributed by atoms with Crippen LogP contribution >= 0.6 is 0 Å². The largest absolute Gasteiger partial charge is 0.271 e. The summed E-state index contributed by atoms with van der Waals surface area (Å²) in [5.41, 5.74) is 5.19. The van der Waals surface area contributed by atoms with Crippen molar-refractivity contribution in [2.45, 2.75) is 34.1 Å². The molecule has 0 radical (unpaired) electrons. The van der Waals surface area contributed by atoms with E-state index in [4.69, 9.17) is 0 Å². The van der Waals surface area contributed by atoms with Crippen LogP contribution in [-0.2, 0) is 0 Å². The second-order valence-corrected chi connectivity index (χ2v) is 4.32. The summed E-state index contributed by atoms with van der Waals surface area (Å²) in [7, 11) is 0. The molecule has 1 aromatic rings. The van der Waals surface area contributed by atoms with E-state index >= 15 is 0 Å². The summed E-state index contributed by atoms with van der Waals surface area (Å²) < 4.78 is 0. The van der Waals surface area contributed by atoms with Crippen LogP contribution in [0.5, 0.6) is 0 Å². The first-order valence-electron chi connectivity index (χ1n) is 5.96. The summed E-state index contributed by atoms with van der Waals surface area (Å²) in [6, 6.07) is 7.49. The van der Waals surface area contributed by atoms with Crippen molar-refractivity contribution >= 4 is 11.6 Å². The van der Waals surface area contributed by atoms with Gasteiger partial charge in [-0.25, -0.2) is 5.43 Å². The van der Waals surface area contributed by atoms with E-state index < -0.39 is 0 Å². The number of rotatable bonds is 4. The van der Waals surface area contributed by atoms with Crippen LogP contribution in [0.1, 0.15) is 43.1 Å². The minimum absolute atomic E-state index is 0.147. The first-order chi connectivity index (χ1) is 8.06. The van der Waals surface area contributed by atoms with Crippen molar-refractivity contribution in [3.8, 4) is 0 Å². The van der Waals surface area contributed by atoms with E-state index in [1.54, 1.807) is 6.07 Å². The van der Waals surface area contributed by atoms with E-state index in [0.717, 1.165) is 17.7 Å². The Bertz CT molecular complexity index is 424. The Morgan fingerprint density at radius 1 is 1.41 bits per heavy atom. The first-order valence-corrected chi connectivity index (χ1v) is 5.96. The Morgan fingerprint density at radius 2 is 2.06 bits per heavy atom. The number of carbonyl (C=O) groups is 1. The van der Waals surface area contributed by atoms with Gasteiger partial charge in [-0.2, -0.15) is 5.10 Å². The molecular weight excluding hydrogens is 212 g/mol. The van der Waals surface area contributed by atoms with Crippen molar-refractivity contribution in [3.63, 3.8) is 0 Å². The molecule has 0 saturated carbocycles. The lowest BCUT2D eigenvalue weighted by atomic mass is 10.1. The second-order valence-electron chi connectivity index (χ2n) is 4.32. The standard InChI is InChI=1S/C14H20N2O/c1-5-10(2)12(4)15-16-14(17)13-9-7-6-8-11(13)3/h6-10H,5H2,1-4H3,(H,16,17)/b15-12-/t10-/m0/s1. The summed E-state index contributed by atoms with van der Waals surface area (Å²) in [6.45, 7) is 8.05. The summed E-state index contributed by atoms with van der Waals surface area (Å²) in [5, 5.41) is 4.13. The van der Waals surface area contributed by atoms with Crippen LogP contribution < -0.4 is 5.43 Å². The molecule has 0 heterocycles. The number of amides is 1. The molecule has 0 aliphatic rings. The van der Waals surface area contributed by atoms with Gasteiger partial charge in [0.1, 0.15) is 0 Å². The molecule has 1 atom stereocenters. The fraction of sp³-hybridized carbons (Fsp3) is 0.429. The molecule has 1 N–H and O–H groups in total. The molecule has 1 aromatic carbocycles. The highest BCUT2D eigenvalue weighted by Gasteiger charge is 2.08. The molecule has 0 aromatic heterocycles. The van der Waals surface area contributed by atoms with Gasteiger partial charge in [-0.3, -0.25) is 4.79 Å². The maximum Gasteiger partial charge on any atom is 0.271 e. The average Bonchev–Trinajstić information content (AvgIpc) is 2.35. The van der Waals surface area contributed by atoms with Gasteiger partial charge >= 0.3 is 0 Å². The van der Waals surface area contributed by atoms with Crippen LogP contribution in [0.2, 0.25) is 0 Å². The molecule has 92 valence electrons. The van der Waals surface area contributed by atoms with Crippen LogP contribution in [0.25, 0.3) is 0 Å². The van der Waals surface area contributed by atoms with Crippen molar-refractivity contribution in [2.24, 2.45) is 11.0 Å². The van der Waals surface area contributed by atoms with Gasteiger partial charge in [0.05, 0.1) is 0 Å². The molecule has 0 unspecified atom stereocenters. The monoisotopic (exact) mass is 232 g/mol. The van der Waals surface area contributed by atoms with E-state index in [1.165, 1.54) is 0 Å². The lowest BCUT2D eigenvalue weighted by Crippen LogP contribution is -2.21. The van der Waals surface area contributed by atoms with Crippen molar-refractivity contribution in [3.05, 3.63) is 35.4 Å². The number of nitrogens with one attached hydrogen (secondary N) is 1. The molecule has 0 saturated heterocycles. The molecule has 3 heteroatoms. The highest BCUT2D eigenvalue weighted by Crippen LogP contribution is 2.07. The minimum Gasteiger partial charge on any atom is -0.267 e. The van der Waals surface area contributed by atoms with E-state index in [9.17, 15) is 4.79 Å². The van der Waals surface area contributed by atoms with Gasteiger partial charge < -0.3 is 0 Å². The van der Waals surface area contributed by atoms with Crippen LogP contribution in [0.4, 0.5) is 0 Å². The molecule has 0 fully saturated rings. The summed E-state index contributed by atoms with van der Waals surface area (Å²) in [4.78, 5) is 11.9. The number of hydrogen-bond acceptors (Lipinski definition) is 2. The lowest BCUT2D eigenvalue weighted by molar-refractivity contribution is 0.0954. The van der Waals surface area contributed by atoms with Crippen molar-refractivity contribution < 1.29 is 4.79 Å². The third kappa shape index (κ3) is 3.70. The number of carbonyl (C=O) groups excluding carboxylic acids is 1. The van der Waals surface area contributed by atoms with Crippen LogP contribution in [0, 0.1) is 12.8 Å². The molecule has 0 aliphatic heterocycles. The molecule has 0 bridgehead atoms. The number of nitrogens with zero attached hydrogens (tertiary/aromatic N) is 1. The van der Waals surface area contributed by atoms with Gasteiger partial charge in [-0.05, 0) is 37.8 Å². The summed E-state index contributed by atoms with van der Waals surface area (Å²) >= 11 is 0. The molecule has 1 amide bonds. The second kappa shape index (κ2) is 6.18. The predicted molar refractivity (Wildman–Crippen MR) is 71.2 cm³/mol. The van der Waals surface area contributed by atoms with Crippen molar-refractivity contribution in [1.82, 2.24) is 5.43 Å². The zero-order valence-electron chi connectivity index (χ0n) is 10.9. The lowest BCUT2D eigenvalue weighted by Gasteiger charge is -2.08. The normalized spacial score (nSPS) is 13.3. The third-order valence-corrected chi connectivity index (χ3v) is 3.05. The Labute approximate surface area is 103 Å². The molecule has 17 heavy (non-hydrogen) atoms. The fourth-order valence-corrected chi connectivity index (χ4v) is 1.43. The number of hydrogen-bond donors (Lipinski definition) is 1. The van der Waals surface area contributed by atoms with Crippen molar-refractivity contribution in [1.29, 1.82) is 0 Å². The maximum absolute atomic E-state index is 11.9. The molecule has 0 aliphatic carbocycles. The molecular formula is C14H20N2O. The van der Waals surface area contributed by atoms with E-state index in [-0.39, 0.29) is 5.91 Å². The number of benzene rings is 1. The smallest absolute Gasteiger partial charge is 0.267 e. The third-order valence-electron chi connectivity index (χ3n) is 3.05. The van der Waals surface area contributed by atoms with Gasteiger partial charge in [0.25, 0.3) is 5.91 Å². The number of aryl methyl sites for hydroxylation is 1. The topological polar surface area (TPSA) is 41.5 Å². The molecule has 3 nitrogen and oxygen atoms in total. The Morgan fingerprint density at radius 3 is 2.65 bits per heavy atom. The van der Waals surface area contributed by atoms with Gasteiger partial charge in [0, 0.05) is 11.3 Å². The van der Waals surface area contributed by atoms with Gasteiger partial charge in [0.15, 0.2) is 0 Å². The molecule has 0 spiro atoms. The molecule has 1 rings (SSSR count). The highest BCUT2D eigenvalue weighted by molar-refractivity contribution is 5.96. The Balaban J connectivity index is 2.71. The van der Waals surface area contributed by atoms with Crippen LogP contribution in [-0.4, -0.2) is 11.6 Å². The zero-order valence-corrected chi connectivity index (χ0v) is 10.9. The zero-order chi connectivity index (χ0) is 12.8. The van der Waals surface area contributed by atoms with E-state index in [0.29, 0.717) is 11.5 Å². The van der Waals surface area contributed by atoms with E-state index in [2.05, 4.69) is 24.4 Å². The van der Waals surface area contributed by atoms with Gasteiger partial charge in [-0.1, -0.05) is 32.0 Å². The highest BCUT2D eigenvalue weighted by atomic mass is 16.2.